The Hall–Kier alpha value is -3.18. The van der Waals surface area contributed by atoms with Gasteiger partial charge in [-0.25, -0.2) is 14.6 Å². The fraction of sp³-hybridized carbons (Fsp3) is 0.480. The zero-order valence-electron chi connectivity index (χ0n) is 20.6. The monoisotopic (exact) mass is 509 g/mol. The highest BCUT2D eigenvalue weighted by molar-refractivity contribution is 7.99. The summed E-state index contributed by atoms with van der Waals surface area (Å²) >= 11 is 1.62. The topological polar surface area (TPSA) is 105 Å². The third-order valence-corrected chi connectivity index (χ3v) is 7.16. The highest BCUT2D eigenvalue weighted by Gasteiger charge is 2.35. The number of benzene rings is 1. The zero-order chi connectivity index (χ0) is 25.1. The first-order chi connectivity index (χ1) is 17.5. The molecule has 0 saturated carbocycles. The molecule has 1 aromatic carbocycles. The van der Waals surface area contributed by atoms with Gasteiger partial charge < -0.3 is 19.9 Å². The van der Waals surface area contributed by atoms with Gasteiger partial charge in [0.25, 0.3) is 0 Å². The molecule has 0 spiro atoms. The van der Waals surface area contributed by atoms with E-state index in [0.717, 1.165) is 40.8 Å². The summed E-state index contributed by atoms with van der Waals surface area (Å²) in [4.78, 5) is 38.8. The zero-order valence-corrected chi connectivity index (χ0v) is 21.4. The number of carbonyl (C=O) groups excluding carboxylic acids is 2. The summed E-state index contributed by atoms with van der Waals surface area (Å²) in [6.07, 6.45) is 2.02. The maximum absolute atomic E-state index is 12.8. The minimum atomic E-state index is -0.364. The van der Waals surface area contributed by atoms with Crippen molar-refractivity contribution >= 4 is 46.1 Å². The Morgan fingerprint density at radius 1 is 1.19 bits per heavy atom. The minimum Gasteiger partial charge on any atom is -0.378 e. The minimum absolute atomic E-state index is 0.0260. The van der Waals surface area contributed by atoms with Crippen molar-refractivity contribution in [2.24, 2.45) is 5.92 Å². The van der Waals surface area contributed by atoms with Gasteiger partial charge in [0.2, 0.25) is 11.8 Å². The molecule has 2 fully saturated rings. The van der Waals surface area contributed by atoms with Crippen LogP contribution in [0.3, 0.4) is 0 Å². The molecule has 0 aliphatic carbocycles. The molecule has 0 bridgehead atoms. The number of para-hydroxylation sites is 1. The number of nitrogens with one attached hydrogen (secondary N) is 1. The number of rotatable bonds is 8. The summed E-state index contributed by atoms with van der Waals surface area (Å²) < 4.78 is 7.34. The Morgan fingerprint density at radius 2 is 1.97 bits per heavy atom. The Labute approximate surface area is 214 Å². The van der Waals surface area contributed by atoms with E-state index >= 15 is 0 Å². The van der Waals surface area contributed by atoms with Crippen LogP contribution in [0.1, 0.15) is 20.3 Å². The summed E-state index contributed by atoms with van der Waals surface area (Å²) in [6, 6.07) is 9.47. The molecule has 2 aliphatic heterocycles. The van der Waals surface area contributed by atoms with Gasteiger partial charge in [-0.15, -0.1) is 0 Å². The van der Waals surface area contributed by atoms with Crippen molar-refractivity contribution in [3.05, 3.63) is 36.5 Å². The number of aromatic nitrogens is 4. The number of morpholine rings is 1. The molecule has 3 aromatic rings. The van der Waals surface area contributed by atoms with Crippen molar-refractivity contribution in [1.82, 2.24) is 25.1 Å². The van der Waals surface area contributed by atoms with Crippen molar-refractivity contribution in [2.75, 3.05) is 49.2 Å². The van der Waals surface area contributed by atoms with Gasteiger partial charge in [-0.2, -0.15) is 5.10 Å². The lowest BCUT2D eigenvalue weighted by atomic mass is 10.1. The summed E-state index contributed by atoms with van der Waals surface area (Å²) in [7, 11) is 0. The summed E-state index contributed by atoms with van der Waals surface area (Å²) in [5, 5.41) is 9.52. The molecule has 1 N–H and O–H groups in total. The Bertz CT molecular complexity index is 1230. The lowest BCUT2D eigenvalue weighted by Gasteiger charge is -2.28. The first-order valence-corrected chi connectivity index (χ1v) is 13.2. The van der Waals surface area contributed by atoms with E-state index in [9.17, 15) is 9.59 Å². The summed E-state index contributed by atoms with van der Waals surface area (Å²) in [6.45, 7) is 8.40. The molecule has 2 aliphatic rings. The quantitative estimate of drug-likeness (QED) is 0.364. The molecule has 10 nitrogen and oxygen atoms in total. The van der Waals surface area contributed by atoms with Crippen LogP contribution in [0.2, 0.25) is 0 Å². The SMILES string of the molecule is CC(C)Sc1nc(N2CCOCC2)c2cnn(CCNC(=O)C3CC(=O)N(c4ccccc4)C3)c2n1. The van der Waals surface area contributed by atoms with Gasteiger partial charge in [0, 0.05) is 43.5 Å². The number of hydrogen-bond acceptors (Lipinski definition) is 8. The third-order valence-electron chi connectivity index (χ3n) is 6.29. The molecule has 190 valence electrons. The fourth-order valence-corrected chi connectivity index (χ4v) is 5.23. The maximum atomic E-state index is 12.8. The second-order valence-electron chi connectivity index (χ2n) is 9.23. The third kappa shape index (κ3) is 5.31. The molecular weight excluding hydrogens is 478 g/mol. The Balaban J connectivity index is 1.26. The van der Waals surface area contributed by atoms with E-state index in [-0.39, 0.29) is 24.2 Å². The van der Waals surface area contributed by atoms with Crippen molar-refractivity contribution in [3.8, 4) is 0 Å². The van der Waals surface area contributed by atoms with Gasteiger partial charge in [0.05, 0.1) is 37.3 Å². The highest BCUT2D eigenvalue weighted by atomic mass is 32.2. The van der Waals surface area contributed by atoms with Crippen molar-refractivity contribution < 1.29 is 14.3 Å². The van der Waals surface area contributed by atoms with Crippen molar-refractivity contribution in [1.29, 1.82) is 0 Å². The first kappa shape index (κ1) is 24.5. The van der Waals surface area contributed by atoms with Crippen LogP contribution in [0, 0.1) is 5.92 Å². The van der Waals surface area contributed by atoms with E-state index in [2.05, 4.69) is 29.2 Å². The molecule has 36 heavy (non-hydrogen) atoms. The van der Waals surface area contributed by atoms with E-state index in [1.807, 2.05) is 35.0 Å². The number of thioether (sulfide) groups is 1. The predicted octanol–water partition coefficient (Wildman–Crippen LogP) is 2.33. The second-order valence-corrected chi connectivity index (χ2v) is 10.8. The van der Waals surface area contributed by atoms with Gasteiger partial charge in [-0.1, -0.05) is 43.8 Å². The Kier molecular flexibility index (Phi) is 7.38. The average Bonchev–Trinajstić information content (AvgIpc) is 3.48. The van der Waals surface area contributed by atoms with Crippen LogP contribution >= 0.6 is 11.8 Å². The molecule has 2 aromatic heterocycles. The van der Waals surface area contributed by atoms with E-state index in [4.69, 9.17) is 14.7 Å². The molecule has 1 unspecified atom stereocenters. The number of anilines is 2. The Morgan fingerprint density at radius 3 is 2.72 bits per heavy atom. The number of fused-ring (bicyclic) bond motifs is 1. The van der Waals surface area contributed by atoms with Gasteiger partial charge in [0.15, 0.2) is 10.8 Å². The molecule has 0 radical (unpaired) electrons. The van der Waals surface area contributed by atoms with Crippen LogP contribution in [-0.2, 0) is 20.9 Å². The molecule has 1 atom stereocenters. The van der Waals surface area contributed by atoms with Crippen LogP contribution in [0.15, 0.2) is 41.7 Å². The standard InChI is InChI=1S/C25H31N7O3S/c1-17(2)36-25-28-22(30-10-12-35-13-11-30)20-15-27-32(23(20)29-25)9-8-26-24(34)18-14-21(33)31(16-18)19-6-4-3-5-7-19/h3-7,15,17-18H,8-14,16H2,1-2H3,(H,26,34). The summed E-state index contributed by atoms with van der Waals surface area (Å²) in [5.41, 5.74) is 1.59. The highest BCUT2D eigenvalue weighted by Crippen LogP contribution is 2.29. The predicted molar refractivity (Wildman–Crippen MR) is 139 cm³/mol. The second kappa shape index (κ2) is 10.8. The van der Waals surface area contributed by atoms with E-state index in [1.165, 1.54) is 0 Å². The lowest BCUT2D eigenvalue weighted by Crippen LogP contribution is -2.37. The molecular formula is C25H31N7O3S. The number of ether oxygens (including phenoxy) is 1. The molecule has 4 heterocycles. The molecule has 11 heteroatoms. The summed E-state index contributed by atoms with van der Waals surface area (Å²) in [5.74, 6) is 0.378. The maximum Gasteiger partial charge on any atom is 0.227 e. The van der Waals surface area contributed by atoms with E-state index in [1.54, 1.807) is 22.9 Å². The number of hydrogen-bond donors (Lipinski definition) is 1. The average molecular weight is 510 g/mol. The van der Waals surface area contributed by atoms with Gasteiger partial charge in [-0.3, -0.25) is 9.59 Å². The van der Waals surface area contributed by atoms with Crippen molar-refractivity contribution in [3.63, 3.8) is 0 Å². The molecule has 5 rings (SSSR count). The van der Waals surface area contributed by atoms with Crippen molar-refractivity contribution in [2.45, 2.75) is 37.2 Å². The fourth-order valence-electron chi connectivity index (χ4n) is 4.53. The van der Waals surface area contributed by atoms with E-state index < -0.39 is 0 Å². The van der Waals surface area contributed by atoms with Gasteiger partial charge in [0.1, 0.15) is 5.82 Å². The van der Waals surface area contributed by atoms with Gasteiger partial charge in [-0.05, 0) is 12.1 Å². The van der Waals surface area contributed by atoms with Crippen LogP contribution in [0.4, 0.5) is 11.5 Å². The number of amides is 2. The van der Waals surface area contributed by atoms with Crippen LogP contribution in [0.5, 0.6) is 0 Å². The first-order valence-electron chi connectivity index (χ1n) is 12.4. The number of carbonyl (C=O) groups is 2. The van der Waals surface area contributed by atoms with Gasteiger partial charge >= 0.3 is 0 Å². The lowest BCUT2D eigenvalue weighted by molar-refractivity contribution is -0.126. The van der Waals surface area contributed by atoms with Crippen LogP contribution in [-0.4, -0.2) is 76.2 Å². The van der Waals surface area contributed by atoms with Crippen LogP contribution < -0.4 is 15.1 Å². The smallest absolute Gasteiger partial charge is 0.227 e. The normalized spacial score (nSPS) is 18.4. The van der Waals surface area contributed by atoms with E-state index in [0.29, 0.717) is 38.1 Å². The van der Waals surface area contributed by atoms with Crippen LogP contribution in [0.25, 0.3) is 11.0 Å². The largest absolute Gasteiger partial charge is 0.378 e. The molecule has 2 saturated heterocycles. The molecule has 2 amide bonds. The number of nitrogens with zero attached hydrogens (tertiary/aromatic N) is 6.